The maximum atomic E-state index is 12.1. The van der Waals surface area contributed by atoms with E-state index in [2.05, 4.69) is 27.1 Å². The van der Waals surface area contributed by atoms with Gasteiger partial charge in [0.25, 0.3) is 0 Å². The van der Waals surface area contributed by atoms with E-state index in [1.165, 1.54) is 0 Å². The van der Waals surface area contributed by atoms with Crippen molar-refractivity contribution in [3.8, 4) is 0 Å². The van der Waals surface area contributed by atoms with Gasteiger partial charge in [0.15, 0.2) is 5.52 Å². The summed E-state index contributed by atoms with van der Waals surface area (Å²) in [5, 5.41) is 20.1. The molecule has 1 aliphatic rings. The molecule has 1 saturated heterocycles. The number of nitro groups is 1. The molecule has 0 radical (unpaired) electrons. The second-order valence-electron chi connectivity index (χ2n) is 7.75. The van der Waals surface area contributed by atoms with Gasteiger partial charge in [0, 0.05) is 31.2 Å². The minimum Gasteiger partial charge on any atom is -0.378 e. The molecule has 2 aromatic heterocycles. The third-order valence-corrected chi connectivity index (χ3v) is 5.85. The molecule has 0 aliphatic carbocycles. The van der Waals surface area contributed by atoms with Crippen LogP contribution in [0.5, 0.6) is 0 Å². The number of aromatic nitrogens is 3. The van der Waals surface area contributed by atoms with Crippen molar-refractivity contribution in [3.05, 3.63) is 76.6 Å². The van der Waals surface area contributed by atoms with Crippen LogP contribution in [0.1, 0.15) is 18.5 Å². The average Bonchev–Trinajstić information content (AvgIpc) is 3.35. The predicted octanol–water partition coefficient (Wildman–Crippen LogP) is 4.26. The number of pyridine rings is 1. The third-order valence-electron chi connectivity index (χ3n) is 5.85. The molecule has 10 heteroatoms. The second kappa shape index (κ2) is 8.83. The second-order valence-corrected chi connectivity index (χ2v) is 7.75. The van der Waals surface area contributed by atoms with Gasteiger partial charge >= 0.3 is 5.69 Å². The Morgan fingerprint density at radius 3 is 2.55 bits per heavy atom. The van der Waals surface area contributed by atoms with E-state index in [9.17, 15) is 10.1 Å². The van der Waals surface area contributed by atoms with Crippen molar-refractivity contribution in [2.75, 3.05) is 36.1 Å². The number of benzene rings is 2. The quantitative estimate of drug-likeness (QED) is 0.317. The van der Waals surface area contributed by atoms with Gasteiger partial charge in [-0.3, -0.25) is 15.1 Å². The summed E-state index contributed by atoms with van der Waals surface area (Å²) in [6, 6.07) is 15.4. The number of nitro benzene ring substituents is 1. The van der Waals surface area contributed by atoms with Crippen molar-refractivity contribution >= 4 is 33.8 Å². The summed E-state index contributed by atoms with van der Waals surface area (Å²) in [6.07, 6.45) is 3.54. The number of para-hydroxylation sites is 1. The highest BCUT2D eigenvalue weighted by Gasteiger charge is 2.33. The highest BCUT2D eigenvalue weighted by atomic mass is 16.6. The lowest BCUT2D eigenvalue weighted by atomic mass is 10.0. The van der Waals surface area contributed by atoms with Crippen LogP contribution >= 0.6 is 0 Å². The summed E-state index contributed by atoms with van der Waals surface area (Å²) in [6.45, 7) is 4.13. The van der Waals surface area contributed by atoms with E-state index in [0.29, 0.717) is 43.2 Å². The summed E-state index contributed by atoms with van der Waals surface area (Å²) in [5.74, 6) is 0. The molecule has 3 heterocycles. The molecule has 4 aromatic rings. The van der Waals surface area contributed by atoms with Crippen LogP contribution in [0.25, 0.3) is 11.0 Å². The average molecular weight is 446 g/mol. The molecule has 2 aromatic carbocycles. The molecular weight excluding hydrogens is 424 g/mol. The van der Waals surface area contributed by atoms with Crippen LogP contribution < -0.4 is 9.80 Å². The molecule has 5 rings (SSSR count). The zero-order valence-corrected chi connectivity index (χ0v) is 18.0. The molecule has 1 aliphatic heterocycles. The Bertz CT molecular complexity index is 1260. The first-order valence-corrected chi connectivity index (χ1v) is 10.7. The zero-order chi connectivity index (χ0) is 22.8. The number of morpholine rings is 1. The first-order valence-electron chi connectivity index (χ1n) is 10.7. The first kappa shape index (κ1) is 20.8. The van der Waals surface area contributed by atoms with Crippen molar-refractivity contribution in [2.24, 2.45) is 0 Å². The van der Waals surface area contributed by atoms with Gasteiger partial charge in [-0.05, 0) is 47.1 Å². The number of rotatable bonds is 6. The van der Waals surface area contributed by atoms with E-state index < -0.39 is 4.92 Å². The van der Waals surface area contributed by atoms with E-state index in [-0.39, 0.29) is 17.2 Å². The normalized spacial score (nSPS) is 14.9. The predicted molar refractivity (Wildman–Crippen MR) is 123 cm³/mol. The monoisotopic (exact) mass is 446 g/mol. The van der Waals surface area contributed by atoms with Crippen molar-refractivity contribution in [1.82, 2.24) is 15.3 Å². The molecule has 0 spiro atoms. The van der Waals surface area contributed by atoms with Crippen LogP contribution in [0.4, 0.5) is 22.7 Å². The Morgan fingerprint density at radius 1 is 1.09 bits per heavy atom. The van der Waals surface area contributed by atoms with Crippen molar-refractivity contribution in [3.63, 3.8) is 0 Å². The fraction of sp³-hybridized carbons (Fsp3) is 0.261. The minimum absolute atomic E-state index is 0.112. The highest BCUT2D eigenvalue weighted by molar-refractivity contribution is 6.01. The van der Waals surface area contributed by atoms with E-state index in [1.54, 1.807) is 6.20 Å². The number of nitrogens with zero attached hydrogens (tertiary/aromatic N) is 6. The Kier molecular flexibility index (Phi) is 5.57. The van der Waals surface area contributed by atoms with Gasteiger partial charge in [-0.1, -0.05) is 24.3 Å². The van der Waals surface area contributed by atoms with Gasteiger partial charge in [-0.2, -0.15) is 0 Å². The topological polar surface area (TPSA) is 111 Å². The summed E-state index contributed by atoms with van der Waals surface area (Å²) in [7, 11) is 0. The number of anilines is 3. The lowest BCUT2D eigenvalue weighted by molar-refractivity contribution is -0.382. The van der Waals surface area contributed by atoms with E-state index >= 15 is 0 Å². The van der Waals surface area contributed by atoms with Gasteiger partial charge in [0.2, 0.25) is 5.52 Å². The molecule has 1 fully saturated rings. The number of ether oxygens (including phenoxy) is 1. The van der Waals surface area contributed by atoms with Crippen LogP contribution in [-0.2, 0) is 4.74 Å². The number of hydrogen-bond acceptors (Lipinski definition) is 9. The van der Waals surface area contributed by atoms with Crippen LogP contribution in [0.15, 0.2) is 65.6 Å². The van der Waals surface area contributed by atoms with E-state index in [4.69, 9.17) is 9.37 Å². The lowest BCUT2D eigenvalue weighted by Crippen LogP contribution is -2.36. The van der Waals surface area contributed by atoms with Crippen LogP contribution in [0.3, 0.4) is 0 Å². The van der Waals surface area contributed by atoms with Crippen LogP contribution in [0.2, 0.25) is 0 Å². The van der Waals surface area contributed by atoms with Gasteiger partial charge in [0.05, 0.1) is 29.9 Å². The van der Waals surface area contributed by atoms with Gasteiger partial charge < -0.3 is 14.5 Å². The lowest BCUT2D eigenvalue weighted by Gasteiger charge is -2.33. The summed E-state index contributed by atoms with van der Waals surface area (Å²) >= 11 is 0. The van der Waals surface area contributed by atoms with Crippen LogP contribution in [0, 0.1) is 10.1 Å². The number of fused-ring (bicyclic) bond motifs is 1. The maximum absolute atomic E-state index is 12.1. The highest BCUT2D eigenvalue weighted by Crippen LogP contribution is 2.45. The summed E-state index contributed by atoms with van der Waals surface area (Å²) in [5.41, 5.74) is 3.37. The molecule has 168 valence electrons. The third kappa shape index (κ3) is 3.85. The standard InChI is InChI=1S/C23H22N6O4/c1-16(17-6-5-9-24-15-17)28(18-7-3-2-4-8-18)19-14-20(27-10-12-32-13-11-27)23(29(30)31)22-21(19)25-33-26-22/h2-9,14-16H,10-13H2,1H3. The van der Waals surface area contributed by atoms with Gasteiger partial charge in [-0.15, -0.1) is 0 Å². The Morgan fingerprint density at radius 2 is 1.85 bits per heavy atom. The summed E-state index contributed by atoms with van der Waals surface area (Å²) in [4.78, 5) is 20.0. The van der Waals surface area contributed by atoms with E-state index in [0.717, 1.165) is 11.3 Å². The minimum atomic E-state index is -0.418. The van der Waals surface area contributed by atoms with Crippen LogP contribution in [-0.4, -0.2) is 46.5 Å². The number of hydrogen-bond donors (Lipinski definition) is 0. The fourth-order valence-corrected chi connectivity index (χ4v) is 4.24. The molecule has 1 unspecified atom stereocenters. The molecule has 0 N–H and O–H groups in total. The maximum Gasteiger partial charge on any atom is 0.323 e. The first-order chi connectivity index (χ1) is 16.1. The Balaban J connectivity index is 1.76. The van der Waals surface area contributed by atoms with Gasteiger partial charge in [-0.25, -0.2) is 4.63 Å². The van der Waals surface area contributed by atoms with Crippen molar-refractivity contribution < 1.29 is 14.3 Å². The molecule has 0 bridgehead atoms. The molecule has 0 amide bonds. The Labute approximate surface area is 189 Å². The smallest absolute Gasteiger partial charge is 0.323 e. The van der Waals surface area contributed by atoms with E-state index in [1.807, 2.05) is 59.6 Å². The Hall–Kier alpha value is -4.05. The zero-order valence-electron chi connectivity index (χ0n) is 18.0. The molecule has 33 heavy (non-hydrogen) atoms. The molecule has 10 nitrogen and oxygen atoms in total. The van der Waals surface area contributed by atoms with Gasteiger partial charge in [0.1, 0.15) is 5.69 Å². The van der Waals surface area contributed by atoms with Crippen molar-refractivity contribution in [2.45, 2.75) is 13.0 Å². The largest absolute Gasteiger partial charge is 0.378 e. The molecule has 0 saturated carbocycles. The molecule has 1 atom stereocenters. The van der Waals surface area contributed by atoms with Crippen molar-refractivity contribution in [1.29, 1.82) is 0 Å². The summed E-state index contributed by atoms with van der Waals surface area (Å²) < 4.78 is 10.5. The fourth-order valence-electron chi connectivity index (χ4n) is 4.24. The molecular formula is C23H22N6O4. The SMILES string of the molecule is CC(c1cccnc1)N(c1ccccc1)c1cc(N2CCOCC2)c([N+](=O)[O-])c2nonc12.